The van der Waals surface area contributed by atoms with E-state index >= 15 is 0 Å². The third-order valence-corrected chi connectivity index (χ3v) is 5.73. The largest absolute Gasteiger partial charge is 0.465 e. The van der Waals surface area contributed by atoms with E-state index < -0.39 is 11.6 Å². The highest BCUT2D eigenvalue weighted by molar-refractivity contribution is 6.31. The van der Waals surface area contributed by atoms with E-state index in [-0.39, 0.29) is 5.91 Å². The Balaban J connectivity index is 1.72. The van der Waals surface area contributed by atoms with Crippen molar-refractivity contribution in [3.63, 3.8) is 0 Å². The molecule has 0 bridgehead atoms. The summed E-state index contributed by atoms with van der Waals surface area (Å²) in [5.74, 6) is -0.00124. The Hall–Kier alpha value is -2.73. The summed E-state index contributed by atoms with van der Waals surface area (Å²) in [4.78, 5) is 30.1. The number of hydrogen-bond donors (Lipinski definition) is 1. The maximum Gasteiger partial charge on any atom is 0.407 e. The Labute approximate surface area is 162 Å². The highest BCUT2D eigenvalue weighted by atomic mass is 35.5. The molecule has 0 radical (unpaired) electrons. The van der Waals surface area contributed by atoms with E-state index in [0.717, 1.165) is 11.4 Å². The van der Waals surface area contributed by atoms with Crippen molar-refractivity contribution in [3.8, 4) is 0 Å². The predicted octanol–water partition coefficient (Wildman–Crippen LogP) is 3.66. The van der Waals surface area contributed by atoms with Crippen LogP contribution >= 0.6 is 11.6 Å². The van der Waals surface area contributed by atoms with Crippen LogP contribution in [0.3, 0.4) is 0 Å². The molecule has 7 heteroatoms. The van der Waals surface area contributed by atoms with Gasteiger partial charge in [-0.3, -0.25) is 9.69 Å². The summed E-state index contributed by atoms with van der Waals surface area (Å²) in [6.07, 6.45) is -0.0120. The van der Waals surface area contributed by atoms with E-state index in [0.29, 0.717) is 37.6 Å². The van der Waals surface area contributed by atoms with Gasteiger partial charge >= 0.3 is 6.09 Å². The van der Waals surface area contributed by atoms with Crippen molar-refractivity contribution in [2.75, 3.05) is 29.6 Å². The summed E-state index contributed by atoms with van der Waals surface area (Å²) in [6.45, 7) is 1.10. The Morgan fingerprint density at radius 1 is 1.00 bits per heavy atom. The number of likely N-dealkylation sites (tertiary alicyclic amines) is 1. The van der Waals surface area contributed by atoms with E-state index in [9.17, 15) is 14.7 Å². The van der Waals surface area contributed by atoms with E-state index in [1.165, 1.54) is 4.90 Å². The predicted molar refractivity (Wildman–Crippen MR) is 104 cm³/mol. The highest BCUT2D eigenvalue weighted by Crippen LogP contribution is 2.41. The SMILES string of the molecule is O=C(O)N1CCC2(CC1)C(=O)N(c1cccc(Cl)c1)CN2c1ccccc1. The average Bonchev–Trinajstić information content (AvgIpc) is 2.95. The summed E-state index contributed by atoms with van der Waals surface area (Å²) in [7, 11) is 0. The number of carbonyl (C=O) groups excluding carboxylic acids is 1. The van der Waals surface area contributed by atoms with Gasteiger partial charge in [0.1, 0.15) is 5.54 Å². The van der Waals surface area contributed by atoms with Gasteiger partial charge < -0.3 is 14.9 Å². The Morgan fingerprint density at radius 2 is 1.67 bits per heavy atom. The van der Waals surface area contributed by atoms with Gasteiger partial charge in [-0.15, -0.1) is 0 Å². The average molecular weight is 386 g/mol. The molecule has 1 spiro atoms. The number of halogens is 1. The number of para-hydroxylation sites is 1. The van der Waals surface area contributed by atoms with Crippen LogP contribution in [0.2, 0.25) is 5.02 Å². The lowest BCUT2D eigenvalue weighted by molar-refractivity contribution is -0.123. The molecule has 2 aromatic rings. The summed E-state index contributed by atoms with van der Waals surface area (Å²) < 4.78 is 0. The lowest BCUT2D eigenvalue weighted by atomic mass is 9.85. The van der Waals surface area contributed by atoms with Crippen molar-refractivity contribution in [1.29, 1.82) is 0 Å². The van der Waals surface area contributed by atoms with Crippen LogP contribution in [0.15, 0.2) is 54.6 Å². The summed E-state index contributed by atoms with van der Waals surface area (Å²) >= 11 is 6.13. The van der Waals surface area contributed by atoms with Crippen LogP contribution in [-0.4, -0.2) is 47.3 Å². The number of benzene rings is 2. The molecule has 0 unspecified atom stereocenters. The fraction of sp³-hybridized carbons (Fsp3) is 0.300. The van der Waals surface area contributed by atoms with Crippen LogP contribution in [0.25, 0.3) is 0 Å². The van der Waals surface area contributed by atoms with Crippen molar-refractivity contribution in [1.82, 2.24) is 4.90 Å². The van der Waals surface area contributed by atoms with Crippen LogP contribution < -0.4 is 9.80 Å². The molecule has 2 aliphatic rings. The Morgan fingerprint density at radius 3 is 2.30 bits per heavy atom. The first kappa shape index (κ1) is 17.7. The molecule has 2 amide bonds. The van der Waals surface area contributed by atoms with Gasteiger partial charge in [-0.05, 0) is 43.2 Å². The van der Waals surface area contributed by atoms with Gasteiger partial charge in [0, 0.05) is 29.5 Å². The molecular formula is C20H20ClN3O3. The van der Waals surface area contributed by atoms with E-state index in [4.69, 9.17) is 11.6 Å². The van der Waals surface area contributed by atoms with Crippen molar-refractivity contribution in [3.05, 3.63) is 59.6 Å². The first-order chi connectivity index (χ1) is 13.0. The van der Waals surface area contributed by atoms with Crippen molar-refractivity contribution in [2.24, 2.45) is 0 Å². The zero-order chi connectivity index (χ0) is 19.0. The summed E-state index contributed by atoms with van der Waals surface area (Å²) in [5.41, 5.74) is 0.973. The molecule has 0 aliphatic carbocycles. The van der Waals surface area contributed by atoms with E-state index in [1.807, 2.05) is 42.5 Å². The van der Waals surface area contributed by atoms with Crippen LogP contribution in [0, 0.1) is 0 Å². The van der Waals surface area contributed by atoms with Crippen LogP contribution in [0.1, 0.15) is 12.8 Å². The number of nitrogens with zero attached hydrogens (tertiary/aromatic N) is 3. The fourth-order valence-corrected chi connectivity index (χ4v) is 4.22. The molecule has 1 N–H and O–H groups in total. The third kappa shape index (κ3) is 3.00. The second kappa shape index (κ2) is 6.78. The fourth-order valence-electron chi connectivity index (χ4n) is 4.04. The minimum absolute atomic E-state index is 0.00124. The summed E-state index contributed by atoms with van der Waals surface area (Å²) in [6, 6.07) is 17.1. The molecule has 2 saturated heterocycles. The maximum atomic E-state index is 13.5. The number of carboxylic acid groups (broad SMARTS) is 1. The minimum Gasteiger partial charge on any atom is -0.465 e. The molecule has 2 heterocycles. The molecule has 2 fully saturated rings. The van der Waals surface area contributed by atoms with E-state index in [2.05, 4.69) is 4.90 Å². The monoisotopic (exact) mass is 385 g/mol. The van der Waals surface area contributed by atoms with Crippen molar-refractivity contribution in [2.45, 2.75) is 18.4 Å². The normalized spacial score (nSPS) is 19.0. The lowest BCUT2D eigenvalue weighted by Crippen LogP contribution is -2.57. The zero-order valence-electron chi connectivity index (χ0n) is 14.7. The highest BCUT2D eigenvalue weighted by Gasteiger charge is 2.54. The van der Waals surface area contributed by atoms with Crippen LogP contribution in [0.4, 0.5) is 16.2 Å². The van der Waals surface area contributed by atoms with Gasteiger partial charge in [0.25, 0.3) is 5.91 Å². The van der Waals surface area contributed by atoms with Gasteiger partial charge in [-0.25, -0.2) is 4.79 Å². The molecule has 6 nitrogen and oxygen atoms in total. The standard InChI is InChI=1S/C20H20ClN3O3/c21-15-5-4-8-17(13-15)23-14-24(16-6-2-1-3-7-16)20(18(23)25)9-11-22(12-10-20)19(26)27/h1-8,13H,9-12,14H2,(H,26,27). The Kier molecular flexibility index (Phi) is 4.44. The third-order valence-electron chi connectivity index (χ3n) is 5.49. The first-order valence-electron chi connectivity index (χ1n) is 8.89. The number of hydrogen-bond acceptors (Lipinski definition) is 3. The molecule has 0 aromatic heterocycles. The Bertz CT molecular complexity index is 866. The van der Waals surface area contributed by atoms with Gasteiger partial charge in [0.05, 0.1) is 6.67 Å². The molecule has 27 heavy (non-hydrogen) atoms. The van der Waals surface area contributed by atoms with Gasteiger partial charge in [-0.1, -0.05) is 35.9 Å². The first-order valence-corrected chi connectivity index (χ1v) is 9.27. The number of carbonyl (C=O) groups is 2. The maximum absolute atomic E-state index is 13.5. The van der Waals surface area contributed by atoms with Crippen LogP contribution in [0.5, 0.6) is 0 Å². The topological polar surface area (TPSA) is 64.1 Å². The number of rotatable bonds is 2. The summed E-state index contributed by atoms with van der Waals surface area (Å²) in [5, 5.41) is 9.86. The minimum atomic E-state index is -0.937. The van der Waals surface area contributed by atoms with Crippen molar-refractivity contribution >= 4 is 35.0 Å². The van der Waals surface area contributed by atoms with Gasteiger partial charge in [-0.2, -0.15) is 0 Å². The molecule has 140 valence electrons. The smallest absolute Gasteiger partial charge is 0.407 e. The quantitative estimate of drug-likeness (QED) is 0.856. The van der Waals surface area contributed by atoms with Gasteiger partial charge in [0.2, 0.25) is 0 Å². The molecule has 4 rings (SSSR count). The molecule has 2 aliphatic heterocycles. The number of piperidine rings is 1. The zero-order valence-corrected chi connectivity index (χ0v) is 15.5. The van der Waals surface area contributed by atoms with E-state index in [1.54, 1.807) is 17.0 Å². The second-order valence-corrected chi connectivity index (χ2v) is 7.36. The number of amides is 2. The van der Waals surface area contributed by atoms with Crippen LogP contribution in [-0.2, 0) is 4.79 Å². The molecule has 0 atom stereocenters. The number of anilines is 2. The van der Waals surface area contributed by atoms with Gasteiger partial charge in [0.15, 0.2) is 0 Å². The molecule has 2 aromatic carbocycles. The second-order valence-electron chi connectivity index (χ2n) is 6.92. The molecule has 0 saturated carbocycles. The lowest BCUT2D eigenvalue weighted by Gasteiger charge is -2.42. The molecular weight excluding hydrogens is 366 g/mol. The van der Waals surface area contributed by atoms with Crippen molar-refractivity contribution < 1.29 is 14.7 Å².